The maximum absolute atomic E-state index is 11.2. The zero-order chi connectivity index (χ0) is 16.2. The molecule has 1 aromatic carbocycles. The lowest BCUT2D eigenvalue weighted by Gasteiger charge is -2.11. The van der Waals surface area contributed by atoms with Gasteiger partial charge in [-0.3, -0.25) is 9.79 Å². The SMILES string of the molecule is CCOC(=O)C/N=C/c1ccc(OC)c(OCCCOC)c1. The number of hydrogen-bond acceptors (Lipinski definition) is 6. The van der Waals surface area contributed by atoms with E-state index in [-0.39, 0.29) is 12.5 Å². The average molecular weight is 309 g/mol. The zero-order valence-corrected chi connectivity index (χ0v) is 13.3. The van der Waals surface area contributed by atoms with Gasteiger partial charge in [0.1, 0.15) is 6.54 Å². The number of aliphatic imine (C=N–C) groups is 1. The molecule has 0 N–H and O–H groups in total. The van der Waals surface area contributed by atoms with Crippen LogP contribution in [0.15, 0.2) is 23.2 Å². The fourth-order valence-corrected chi connectivity index (χ4v) is 1.70. The summed E-state index contributed by atoms with van der Waals surface area (Å²) in [6.07, 6.45) is 2.40. The second kappa shape index (κ2) is 10.6. The Hall–Kier alpha value is -2.08. The van der Waals surface area contributed by atoms with Gasteiger partial charge in [-0.1, -0.05) is 0 Å². The lowest BCUT2D eigenvalue weighted by atomic mass is 10.2. The quantitative estimate of drug-likeness (QED) is 0.376. The smallest absolute Gasteiger partial charge is 0.327 e. The van der Waals surface area contributed by atoms with E-state index in [4.69, 9.17) is 18.9 Å². The highest BCUT2D eigenvalue weighted by atomic mass is 16.5. The van der Waals surface area contributed by atoms with Gasteiger partial charge >= 0.3 is 5.97 Å². The molecule has 6 nitrogen and oxygen atoms in total. The minimum absolute atomic E-state index is 0.00387. The maximum Gasteiger partial charge on any atom is 0.327 e. The molecule has 0 aliphatic carbocycles. The first-order chi connectivity index (χ1) is 10.7. The molecule has 0 spiro atoms. The Bertz CT molecular complexity index is 487. The molecule has 0 unspecified atom stereocenters. The van der Waals surface area contributed by atoms with Crippen molar-refractivity contribution < 1.29 is 23.7 Å². The first-order valence-electron chi connectivity index (χ1n) is 7.16. The van der Waals surface area contributed by atoms with Crippen molar-refractivity contribution in [3.63, 3.8) is 0 Å². The molecule has 0 saturated heterocycles. The van der Waals surface area contributed by atoms with Gasteiger partial charge in [-0.05, 0) is 30.7 Å². The molecule has 1 rings (SSSR count). The van der Waals surface area contributed by atoms with Crippen molar-refractivity contribution in [3.05, 3.63) is 23.8 Å². The average Bonchev–Trinajstić information content (AvgIpc) is 2.52. The molecule has 0 radical (unpaired) electrons. The molecular weight excluding hydrogens is 286 g/mol. The van der Waals surface area contributed by atoms with Crippen LogP contribution in [0.3, 0.4) is 0 Å². The molecule has 6 heteroatoms. The Labute approximate surface area is 131 Å². The fraction of sp³-hybridized carbons (Fsp3) is 0.500. The topological polar surface area (TPSA) is 66.4 Å². The normalized spacial score (nSPS) is 10.7. The molecule has 0 amide bonds. The second-order valence-electron chi connectivity index (χ2n) is 4.38. The Kier molecular flexibility index (Phi) is 8.67. The van der Waals surface area contributed by atoms with E-state index in [1.54, 1.807) is 33.4 Å². The van der Waals surface area contributed by atoms with Crippen LogP contribution in [-0.4, -0.2) is 52.8 Å². The molecule has 0 aliphatic heterocycles. The minimum Gasteiger partial charge on any atom is -0.493 e. The number of methoxy groups -OCH3 is 2. The summed E-state index contributed by atoms with van der Waals surface area (Å²) in [5, 5.41) is 0. The molecule has 0 heterocycles. The third kappa shape index (κ3) is 6.58. The lowest BCUT2D eigenvalue weighted by molar-refractivity contribution is -0.141. The molecule has 0 aliphatic rings. The van der Waals surface area contributed by atoms with Gasteiger partial charge in [0.15, 0.2) is 11.5 Å². The van der Waals surface area contributed by atoms with Crippen molar-refractivity contribution >= 4 is 12.2 Å². The Morgan fingerprint density at radius 2 is 2.05 bits per heavy atom. The van der Waals surface area contributed by atoms with Crippen LogP contribution in [0.1, 0.15) is 18.9 Å². The third-order valence-corrected chi connectivity index (χ3v) is 2.70. The zero-order valence-electron chi connectivity index (χ0n) is 13.3. The molecule has 1 aromatic rings. The minimum atomic E-state index is -0.344. The number of benzene rings is 1. The standard InChI is InChI=1S/C16H23NO5/c1-4-21-16(18)12-17-11-13-6-7-14(20-3)15(10-13)22-9-5-8-19-2/h6-7,10-11H,4-5,8-9,12H2,1-3H3/b17-11+. The van der Waals surface area contributed by atoms with Gasteiger partial charge in [-0.25, -0.2) is 0 Å². The molecule has 122 valence electrons. The van der Waals surface area contributed by atoms with Crippen molar-refractivity contribution in [2.45, 2.75) is 13.3 Å². The van der Waals surface area contributed by atoms with Crippen molar-refractivity contribution in [2.75, 3.05) is 40.6 Å². The number of hydrogen-bond donors (Lipinski definition) is 0. The number of esters is 1. The first-order valence-corrected chi connectivity index (χ1v) is 7.16. The van der Waals surface area contributed by atoms with E-state index in [1.165, 1.54) is 0 Å². The lowest BCUT2D eigenvalue weighted by Crippen LogP contribution is -2.07. The van der Waals surface area contributed by atoms with Gasteiger partial charge in [0.25, 0.3) is 0 Å². The summed E-state index contributed by atoms with van der Waals surface area (Å²) < 4.78 is 20.7. The summed E-state index contributed by atoms with van der Waals surface area (Å²) in [4.78, 5) is 15.3. The second-order valence-corrected chi connectivity index (χ2v) is 4.38. The molecule has 0 bridgehead atoms. The largest absolute Gasteiger partial charge is 0.493 e. The predicted molar refractivity (Wildman–Crippen MR) is 84.1 cm³/mol. The monoisotopic (exact) mass is 309 g/mol. The summed E-state index contributed by atoms with van der Waals surface area (Å²) in [6.45, 7) is 3.30. The number of carbonyl (C=O) groups is 1. The van der Waals surface area contributed by atoms with Crippen LogP contribution in [0.25, 0.3) is 0 Å². The predicted octanol–water partition coefficient (Wildman–Crippen LogP) is 2.09. The molecule has 22 heavy (non-hydrogen) atoms. The van der Waals surface area contributed by atoms with Gasteiger partial charge in [-0.15, -0.1) is 0 Å². The maximum atomic E-state index is 11.2. The summed E-state index contributed by atoms with van der Waals surface area (Å²) in [6, 6.07) is 5.47. The Morgan fingerprint density at radius 3 is 2.73 bits per heavy atom. The van der Waals surface area contributed by atoms with Crippen LogP contribution < -0.4 is 9.47 Å². The van der Waals surface area contributed by atoms with Crippen molar-refractivity contribution in [1.29, 1.82) is 0 Å². The molecule has 0 saturated carbocycles. The van der Waals surface area contributed by atoms with Crippen LogP contribution in [0.4, 0.5) is 0 Å². The van der Waals surface area contributed by atoms with E-state index < -0.39 is 0 Å². The van der Waals surface area contributed by atoms with Gasteiger partial charge in [0.2, 0.25) is 0 Å². The van der Waals surface area contributed by atoms with E-state index in [0.29, 0.717) is 31.3 Å². The van der Waals surface area contributed by atoms with E-state index in [1.807, 2.05) is 12.1 Å². The highest BCUT2D eigenvalue weighted by molar-refractivity contribution is 5.83. The molecule has 0 fully saturated rings. The summed E-state index contributed by atoms with van der Waals surface area (Å²) in [5.74, 6) is 0.946. The highest BCUT2D eigenvalue weighted by Crippen LogP contribution is 2.27. The Morgan fingerprint density at radius 1 is 1.23 bits per heavy atom. The Balaban J connectivity index is 2.64. The van der Waals surface area contributed by atoms with Crippen LogP contribution in [-0.2, 0) is 14.3 Å². The third-order valence-electron chi connectivity index (χ3n) is 2.70. The van der Waals surface area contributed by atoms with E-state index in [0.717, 1.165) is 12.0 Å². The van der Waals surface area contributed by atoms with Crippen molar-refractivity contribution in [2.24, 2.45) is 4.99 Å². The van der Waals surface area contributed by atoms with E-state index >= 15 is 0 Å². The molecular formula is C16H23NO5. The van der Waals surface area contributed by atoms with Gasteiger partial charge in [0.05, 0.1) is 20.3 Å². The number of ether oxygens (including phenoxy) is 4. The molecule has 0 atom stereocenters. The van der Waals surface area contributed by atoms with Crippen LogP contribution in [0, 0.1) is 0 Å². The van der Waals surface area contributed by atoms with E-state index in [9.17, 15) is 4.79 Å². The first kappa shape index (κ1) is 18.0. The van der Waals surface area contributed by atoms with Crippen molar-refractivity contribution in [3.8, 4) is 11.5 Å². The molecule has 0 aromatic heterocycles. The van der Waals surface area contributed by atoms with Gasteiger partial charge in [-0.2, -0.15) is 0 Å². The summed E-state index contributed by atoms with van der Waals surface area (Å²) in [5.41, 5.74) is 0.826. The number of rotatable bonds is 10. The van der Waals surface area contributed by atoms with E-state index in [2.05, 4.69) is 4.99 Å². The summed E-state index contributed by atoms with van der Waals surface area (Å²) in [7, 11) is 3.24. The van der Waals surface area contributed by atoms with Gasteiger partial charge in [0, 0.05) is 26.4 Å². The van der Waals surface area contributed by atoms with Gasteiger partial charge < -0.3 is 18.9 Å². The fourth-order valence-electron chi connectivity index (χ4n) is 1.70. The number of carbonyl (C=O) groups excluding carboxylic acids is 1. The van der Waals surface area contributed by atoms with Crippen LogP contribution in [0.2, 0.25) is 0 Å². The highest BCUT2D eigenvalue weighted by Gasteiger charge is 2.05. The van der Waals surface area contributed by atoms with Crippen molar-refractivity contribution in [1.82, 2.24) is 0 Å². The van der Waals surface area contributed by atoms with Crippen LogP contribution >= 0.6 is 0 Å². The van der Waals surface area contributed by atoms with Crippen LogP contribution in [0.5, 0.6) is 11.5 Å². The number of nitrogens with zero attached hydrogens (tertiary/aromatic N) is 1. The summed E-state index contributed by atoms with van der Waals surface area (Å²) >= 11 is 0.